The SMILES string of the molecule is C=C1NCc2c1ccc1c2c2ccccc2n1CCC. The first-order valence-corrected chi connectivity index (χ1v) is 7.27. The van der Waals surface area contributed by atoms with E-state index in [0.29, 0.717) is 0 Å². The van der Waals surface area contributed by atoms with E-state index in [1.807, 2.05) is 0 Å². The van der Waals surface area contributed by atoms with Crippen LogP contribution in [0.15, 0.2) is 43.0 Å². The van der Waals surface area contributed by atoms with Crippen LogP contribution < -0.4 is 5.32 Å². The first-order chi connectivity index (χ1) is 9.81. The van der Waals surface area contributed by atoms with E-state index in [9.17, 15) is 0 Å². The summed E-state index contributed by atoms with van der Waals surface area (Å²) in [5.74, 6) is 0. The number of aromatic nitrogens is 1. The summed E-state index contributed by atoms with van der Waals surface area (Å²) in [4.78, 5) is 0. The van der Waals surface area contributed by atoms with Gasteiger partial charge >= 0.3 is 0 Å². The van der Waals surface area contributed by atoms with Gasteiger partial charge in [-0.25, -0.2) is 0 Å². The van der Waals surface area contributed by atoms with Crippen LogP contribution in [0, 0.1) is 0 Å². The molecule has 1 aromatic heterocycles. The predicted octanol–water partition coefficient (Wildman–Crippen LogP) is 4.28. The third-order valence-corrected chi connectivity index (χ3v) is 4.30. The maximum absolute atomic E-state index is 4.11. The molecule has 1 N–H and O–H groups in total. The Hall–Kier alpha value is -2.22. The van der Waals surface area contributed by atoms with Crippen molar-refractivity contribution < 1.29 is 0 Å². The summed E-state index contributed by atoms with van der Waals surface area (Å²) in [5.41, 5.74) is 6.42. The van der Waals surface area contributed by atoms with Crippen LogP contribution >= 0.6 is 0 Å². The molecule has 20 heavy (non-hydrogen) atoms. The van der Waals surface area contributed by atoms with E-state index >= 15 is 0 Å². The largest absolute Gasteiger partial charge is 0.381 e. The fourth-order valence-corrected chi connectivity index (χ4v) is 3.43. The summed E-state index contributed by atoms with van der Waals surface area (Å²) < 4.78 is 2.45. The third-order valence-electron chi connectivity index (χ3n) is 4.30. The number of rotatable bonds is 2. The van der Waals surface area contributed by atoms with Crippen molar-refractivity contribution in [2.45, 2.75) is 26.4 Å². The first kappa shape index (κ1) is 11.6. The van der Waals surface area contributed by atoms with Crippen LogP contribution in [0.2, 0.25) is 0 Å². The summed E-state index contributed by atoms with van der Waals surface area (Å²) in [5, 5.41) is 6.15. The maximum Gasteiger partial charge on any atom is 0.0495 e. The van der Waals surface area contributed by atoms with Gasteiger partial charge in [-0.05, 0) is 24.1 Å². The lowest BCUT2D eigenvalue weighted by Crippen LogP contribution is -1.98. The van der Waals surface area contributed by atoms with Crippen molar-refractivity contribution in [1.82, 2.24) is 9.88 Å². The van der Waals surface area contributed by atoms with E-state index in [-0.39, 0.29) is 0 Å². The van der Waals surface area contributed by atoms with Crippen LogP contribution in [0.4, 0.5) is 0 Å². The molecular weight excluding hydrogens is 244 g/mol. The molecule has 0 spiro atoms. The molecule has 0 fully saturated rings. The average molecular weight is 262 g/mol. The molecule has 0 atom stereocenters. The molecule has 4 rings (SSSR count). The van der Waals surface area contributed by atoms with Gasteiger partial charge in [0, 0.05) is 46.2 Å². The van der Waals surface area contributed by atoms with Crippen LogP contribution in [-0.2, 0) is 13.1 Å². The number of benzene rings is 2. The average Bonchev–Trinajstić information content (AvgIpc) is 3.00. The Morgan fingerprint density at radius 3 is 2.85 bits per heavy atom. The van der Waals surface area contributed by atoms with Crippen molar-refractivity contribution in [3.8, 4) is 0 Å². The third kappa shape index (κ3) is 1.39. The fraction of sp³-hybridized carbons (Fsp3) is 0.222. The van der Waals surface area contributed by atoms with E-state index in [0.717, 1.165) is 25.2 Å². The Labute approximate surface area is 118 Å². The molecule has 1 aliphatic heterocycles. The zero-order valence-electron chi connectivity index (χ0n) is 11.7. The van der Waals surface area contributed by atoms with E-state index in [4.69, 9.17) is 0 Å². The molecule has 0 amide bonds. The summed E-state index contributed by atoms with van der Waals surface area (Å²) in [6, 6.07) is 13.2. The lowest BCUT2D eigenvalue weighted by atomic mass is 10.0. The number of aryl methyl sites for hydroxylation is 1. The summed E-state index contributed by atoms with van der Waals surface area (Å²) >= 11 is 0. The molecule has 1 aliphatic rings. The molecule has 2 nitrogen and oxygen atoms in total. The Bertz CT molecular complexity index is 839. The Morgan fingerprint density at radius 1 is 1.15 bits per heavy atom. The summed E-state index contributed by atoms with van der Waals surface area (Å²) in [7, 11) is 0. The topological polar surface area (TPSA) is 17.0 Å². The Balaban J connectivity index is 2.19. The molecule has 0 saturated heterocycles. The highest BCUT2D eigenvalue weighted by Crippen LogP contribution is 2.37. The van der Waals surface area contributed by atoms with Gasteiger partial charge in [0.1, 0.15) is 0 Å². The van der Waals surface area contributed by atoms with Gasteiger partial charge in [-0.2, -0.15) is 0 Å². The van der Waals surface area contributed by atoms with Crippen molar-refractivity contribution >= 4 is 27.5 Å². The van der Waals surface area contributed by atoms with E-state index in [2.05, 4.69) is 59.8 Å². The molecule has 2 heteroatoms. The van der Waals surface area contributed by atoms with Crippen LogP contribution in [0.5, 0.6) is 0 Å². The van der Waals surface area contributed by atoms with Gasteiger partial charge in [-0.1, -0.05) is 37.8 Å². The quantitative estimate of drug-likeness (QED) is 0.729. The Kier molecular flexibility index (Phi) is 2.40. The van der Waals surface area contributed by atoms with Gasteiger partial charge in [-0.3, -0.25) is 0 Å². The minimum absolute atomic E-state index is 0.894. The van der Waals surface area contributed by atoms with Crippen LogP contribution in [0.25, 0.3) is 27.5 Å². The molecule has 100 valence electrons. The smallest absolute Gasteiger partial charge is 0.0495 e. The second-order valence-corrected chi connectivity index (χ2v) is 5.49. The highest BCUT2D eigenvalue weighted by Gasteiger charge is 2.20. The highest BCUT2D eigenvalue weighted by molar-refractivity contribution is 6.11. The van der Waals surface area contributed by atoms with Gasteiger partial charge in [0.15, 0.2) is 0 Å². The minimum Gasteiger partial charge on any atom is -0.381 e. The van der Waals surface area contributed by atoms with E-state index in [1.54, 1.807) is 0 Å². The van der Waals surface area contributed by atoms with Crippen molar-refractivity contribution in [1.29, 1.82) is 0 Å². The normalized spacial score (nSPS) is 13.9. The van der Waals surface area contributed by atoms with Gasteiger partial charge in [0.2, 0.25) is 0 Å². The lowest BCUT2D eigenvalue weighted by molar-refractivity contribution is 0.724. The summed E-state index contributed by atoms with van der Waals surface area (Å²) in [6.07, 6.45) is 1.15. The molecular formula is C18H18N2. The molecule has 0 bridgehead atoms. The summed E-state index contributed by atoms with van der Waals surface area (Å²) in [6.45, 7) is 8.30. The molecule has 0 radical (unpaired) electrons. The maximum atomic E-state index is 4.11. The minimum atomic E-state index is 0.894. The van der Waals surface area contributed by atoms with Gasteiger partial charge in [0.05, 0.1) is 0 Å². The number of hydrogen-bond donors (Lipinski definition) is 1. The predicted molar refractivity (Wildman–Crippen MR) is 85.6 cm³/mol. The number of hydrogen-bond acceptors (Lipinski definition) is 1. The highest BCUT2D eigenvalue weighted by atomic mass is 15.0. The molecule has 2 aromatic carbocycles. The molecule has 0 unspecified atom stereocenters. The molecule has 2 heterocycles. The number of fused-ring (bicyclic) bond motifs is 5. The van der Waals surface area contributed by atoms with Gasteiger partial charge < -0.3 is 9.88 Å². The fourth-order valence-electron chi connectivity index (χ4n) is 3.43. The second kappa shape index (κ2) is 4.14. The van der Waals surface area contributed by atoms with Crippen molar-refractivity contribution in [2.24, 2.45) is 0 Å². The Morgan fingerprint density at radius 2 is 2.00 bits per heavy atom. The second-order valence-electron chi connectivity index (χ2n) is 5.49. The standard InChI is InChI=1S/C18H18N2/c1-3-10-20-16-7-5-4-6-14(16)18-15-11-19-12(2)13(15)8-9-17(18)20/h4-9,19H,2-3,10-11H2,1H3. The monoisotopic (exact) mass is 262 g/mol. The zero-order valence-corrected chi connectivity index (χ0v) is 11.7. The molecule has 0 aliphatic carbocycles. The zero-order chi connectivity index (χ0) is 13.7. The van der Waals surface area contributed by atoms with Crippen LogP contribution in [0.1, 0.15) is 24.5 Å². The van der Waals surface area contributed by atoms with Crippen molar-refractivity contribution in [3.05, 3.63) is 54.1 Å². The van der Waals surface area contributed by atoms with Gasteiger partial charge in [-0.15, -0.1) is 0 Å². The van der Waals surface area contributed by atoms with Crippen LogP contribution in [0.3, 0.4) is 0 Å². The first-order valence-electron chi connectivity index (χ1n) is 7.27. The number of nitrogens with zero attached hydrogens (tertiary/aromatic N) is 1. The van der Waals surface area contributed by atoms with Gasteiger partial charge in [0.25, 0.3) is 0 Å². The van der Waals surface area contributed by atoms with Crippen LogP contribution in [-0.4, -0.2) is 4.57 Å². The lowest BCUT2D eigenvalue weighted by Gasteiger charge is -2.06. The molecule has 0 saturated carbocycles. The van der Waals surface area contributed by atoms with E-state index in [1.165, 1.54) is 32.9 Å². The number of nitrogens with one attached hydrogen (secondary N) is 1. The van der Waals surface area contributed by atoms with E-state index < -0.39 is 0 Å². The van der Waals surface area contributed by atoms with Crippen molar-refractivity contribution in [2.75, 3.05) is 0 Å². The van der Waals surface area contributed by atoms with Crippen molar-refractivity contribution in [3.63, 3.8) is 0 Å². The molecule has 3 aromatic rings. The number of para-hydroxylation sites is 1.